The number of aliphatic hydroxyl groups excluding tert-OH is 1. The molecule has 0 bridgehead atoms. The van der Waals surface area contributed by atoms with Crippen molar-refractivity contribution in [1.29, 1.82) is 0 Å². The number of para-hydroxylation sites is 2. The highest BCUT2D eigenvalue weighted by molar-refractivity contribution is 5.58. The molecule has 1 fully saturated rings. The number of rotatable bonds is 10. The van der Waals surface area contributed by atoms with Crippen molar-refractivity contribution in [2.75, 3.05) is 50.8 Å². The third-order valence-corrected chi connectivity index (χ3v) is 6.01. The summed E-state index contributed by atoms with van der Waals surface area (Å²) in [6.07, 6.45) is -0.726. The number of aliphatic hydroxyl groups is 1. The Labute approximate surface area is 197 Å². The number of hydrogen-bond donors (Lipinski definition) is 1. The fraction of sp³-hybridized carbons (Fsp3) is 0.357. The molecule has 1 unspecified atom stereocenters. The molecule has 174 valence electrons. The van der Waals surface area contributed by atoms with Gasteiger partial charge in [0.1, 0.15) is 11.9 Å². The highest BCUT2D eigenvalue weighted by Crippen LogP contribution is 2.29. The first kappa shape index (κ1) is 23.3. The molecule has 0 aliphatic carbocycles. The molecule has 0 amide bonds. The van der Waals surface area contributed by atoms with Gasteiger partial charge in [-0.3, -0.25) is 4.90 Å². The van der Waals surface area contributed by atoms with Gasteiger partial charge in [-0.05, 0) is 30.2 Å². The predicted molar refractivity (Wildman–Crippen MR) is 133 cm³/mol. The molecule has 0 radical (unpaired) electrons. The van der Waals surface area contributed by atoms with Crippen LogP contribution in [0, 0.1) is 0 Å². The lowest BCUT2D eigenvalue weighted by Crippen LogP contribution is -2.49. The van der Waals surface area contributed by atoms with Gasteiger partial charge in [0.25, 0.3) is 0 Å². The molecule has 33 heavy (non-hydrogen) atoms. The quantitative estimate of drug-likeness (QED) is 0.501. The van der Waals surface area contributed by atoms with Crippen molar-refractivity contribution >= 4 is 5.69 Å². The molecular weight excluding hydrogens is 412 g/mol. The molecule has 3 aromatic rings. The number of β-amino-alcohol motifs (C(OH)–C–C–N with tert-alkyl or cyclic N) is 1. The van der Waals surface area contributed by atoms with Crippen LogP contribution in [0.5, 0.6) is 5.75 Å². The molecule has 4 rings (SSSR count). The number of ether oxygens (including phenoxy) is 2. The average Bonchev–Trinajstić information content (AvgIpc) is 2.87. The van der Waals surface area contributed by atoms with Crippen LogP contribution < -0.4 is 9.64 Å². The Morgan fingerprint density at radius 1 is 0.788 bits per heavy atom. The molecule has 1 aliphatic heterocycles. The summed E-state index contributed by atoms with van der Waals surface area (Å²) in [5.74, 6) is 0.940. The minimum Gasteiger partial charge on any atom is -0.492 e. The van der Waals surface area contributed by atoms with Crippen LogP contribution in [0.15, 0.2) is 84.9 Å². The summed E-state index contributed by atoms with van der Waals surface area (Å²) >= 11 is 0. The number of nitrogens with zero attached hydrogens (tertiary/aromatic N) is 2. The number of anilines is 1. The van der Waals surface area contributed by atoms with Crippen molar-refractivity contribution in [2.24, 2.45) is 0 Å². The van der Waals surface area contributed by atoms with Crippen LogP contribution >= 0.6 is 0 Å². The molecule has 1 N–H and O–H groups in total. The second-order valence-electron chi connectivity index (χ2n) is 8.38. The van der Waals surface area contributed by atoms with Crippen LogP contribution in [0.1, 0.15) is 24.2 Å². The first-order chi connectivity index (χ1) is 16.2. The van der Waals surface area contributed by atoms with Crippen LogP contribution in [-0.2, 0) is 4.74 Å². The molecular formula is C28H34N2O3. The van der Waals surface area contributed by atoms with E-state index in [9.17, 15) is 5.11 Å². The first-order valence-corrected chi connectivity index (χ1v) is 11.8. The summed E-state index contributed by atoms with van der Waals surface area (Å²) in [6, 6.07) is 28.6. The van der Waals surface area contributed by atoms with Gasteiger partial charge < -0.3 is 19.5 Å². The van der Waals surface area contributed by atoms with E-state index in [2.05, 4.69) is 46.2 Å². The lowest BCUT2D eigenvalue weighted by Gasteiger charge is -2.37. The zero-order valence-electron chi connectivity index (χ0n) is 19.3. The van der Waals surface area contributed by atoms with E-state index in [4.69, 9.17) is 9.47 Å². The van der Waals surface area contributed by atoms with Crippen molar-refractivity contribution in [3.05, 3.63) is 96.1 Å². The summed E-state index contributed by atoms with van der Waals surface area (Å²) < 4.78 is 12.0. The molecule has 0 spiro atoms. The van der Waals surface area contributed by atoms with Gasteiger partial charge in [0.05, 0.1) is 25.0 Å². The SMILES string of the molecule is CCOc1ccccc1N1CCN(CC(O)COC(c2ccccc2)c2ccccc2)CC1. The van der Waals surface area contributed by atoms with E-state index in [0.29, 0.717) is 19.8 Å². The molecule has 1 atom stereocenters. The largest absolute Gasteiger partial charge is 0.492 e. The van der Waals surface area contributed by atoms with Crippen molar-refractivity contribution in [1.82, 2.24) is 4.90 Å². The maximum atomic E-state index is 10.7. The molecule has 1 saturated heterocycles. The standard InChI is InChI=1S/C28H34N2O3/c1-2-32-27-16-10-9-15-26(27)30-19-17-29(18-20-30)21-25(31)22-33-28(23-11-5-3-6-12-23)24-13-7-4-8-14-24/h3-16,25,28,31H,2,17-22H2,1H3. The van der Waals surface area contributed by atoms with E-state index >= 15 is 0 Å². The predicted octanol–water partition coefficient (Wildman–Crippen LogP) is 4.37. The zero-order valence-corrected chi connectivity index (χ0v) is 19.3. The molecule has 3 aromatic carbocycles. The summed E-state index contributed by atoms with van der Waals surface area (Å²) in [5, 5.41) is 10.7. The second kappa shape index (κ2) is 11.8. The first-order valence-electron chi connectivity index (χ1n) is 11.8. The summed E-state index contributed by atoms with van der Waals surface area (Å²) in [6.45, 7) is 7.20. The molecule has 5 heteroatoms. The Morgan fingerprint density at radius 3 is 1.97 bits per heavy atom. The van der Waals surface area contributed by atoms with Gasteiger partial charge in [-0.1, -0.05) is 72.8 Å². The Morgan fingerprint density at radius 2 is 1.36 bits per heavy atom. The van der Waals surface area contributed by atoms with Crippen molar-refractivity contribution < 1.29 is 14.6 Å². The van der Waals surface area contributed by atoms with Crippen LogP contribution in [-0.4, -0.2) is 62.0 Å². The normalized spacial score (nSPS) is 15.5. The zero-order chi connectivity index (χ0) is 22.9. The van der Waals surface area contributed by atoms with E-state index in [-0.39, 0.29) is 6.10 Å². The van der Waals surface area contributed by atoms with Gasteiger partial charge in [0, 0.05) is 32.7 Å². The molecule has 0 saturated carbocycles. The third kappa shape index (κ3) is 6.35. The number of piperazine rings is 1. The van der Waals surface area contributed by atoms with E-state index in [1.165, 1.54) is 0 Å². The average molecular weight is 447 g/mol. The third-order valence-electron chi connectivity index (χ3n) is 6.01. The van der Waals surface area contributed by atoms with E-state index in [1.54, 1.807) is 0 Å². The van der Waals surface area contributed by atoms with Gasteiger partial charge in [0.15, 0.2) is 0 Å². The maximum absolute atomic E-state index is 10.7. The molecule has 1 heterocycles. The fourth-order valence-corrected chi connectivity index (χ4v) is 4.37. The summed E-state index contributed by atoms with van der Waals surface area (Å²) in [5.41, 5.74) is 3.34. The van der Waals surface area contributed by atoms with Crippen LogP contribution in [0.2, 0.25) is 0 Å². The monoisotopic (exact) mass is 446 g/mol. The van der Waals surface area contributed by atoms with E-state index < -0.39 is 6.10 Å². The van der Waals surface area contributed by atoms with Crippen molar-refractivity contribution in [3.8, 4) is 5.75 Å². The smallest absolute Gasteiger partial charge is 0.142 e. The van der Waals surface area contributed by atoms with Gasteiger partial charge in [-0.15, -0.1) is 0 Å². The van der Waals surface area contributed by atoms with E-state index in [1.807, 2.05) is 55.5 Å². The number of hydrogen-bond acceptors (Lipinski definition) is 5. The van der Waals surface area contributed by atoms with Crippen LogP contribution in [0.4, 0.5) is 5.69 Å². The molecule has 0 aromatic heterocycles. The summed E-state index contributed by atoms with van der Waals surface area (Å²) in [7, 11) is 0. The lowest BCUT2D eigenvalue weighted by molar-refractivity contribution is -0.00894. The minimum absolute atomic E-state index is 0.186. The Balaban J connectivity index is 1.30. The second-order valence-corrected chi connectivity index (χ2v) is 8.38. The fourth-order valence-electron chi connectivity index (χ4n) is 4.37. The maximum Gasteiger partial charge on any atom is 0.142 e. The van der Waals surface area contributed by atoms with Crippen LogP contribution in [0.25, 0.3) is 0 Å². The highest BCUT2D eigenvalue weighted by atomic mass is 16.5. The molecule has 5 nitrogen and oxygen atoms in total. The lowest BCUT2D eigenvalue weighted by atomic mass is 10.0. The summed E-state index contributed by atoms with van der Waals surface area (Å²) in [4.78, 5) is 4.68. The minimum atomic E-state index is -0.540. The van der Waals surface area contributed by atoms with Gasteiger partial charge in [0.2, 0.25) is 0 Å². The Kier molecular flexibility index (Phi) is 8.36. The number of benzene rings is 3. The Hall–Kier alpha value is -2.86. The van der Waals surface area contributed by atoms with E-state index in [0.717, 1.165) is 48.7 Å². The van der Waals surface area contributed by atoms with Crippen molar-refractivity contribution in [2.45, 2.75) is 19.1 Å². The van der Waals surface area contributed by atoms with Gasteiger partial charge >= 0.3 is 0 Å². The van der Waals surface area contributed by atoms with Crippen LogP contribution in [0.3, 0.4) is 0 Å². The van der Waals surface area contributed by atoms with Crippen molar-refractivity contribution in [3.63, 3.8) is 0 Å². The van der Waals surface area contributed by atoms with Gasteiger partial charge in [-0.25, -0.2) is 0 Å². The van der Waals surface area contributed by atoms with Gasteiger partial charge in [-0.2, -0.15) is 0 Å². The molecule has 1 aliphatic rings. The topological polar surface area (TPSA) is 45.2 Å². The highest BCUT2D eigenvalue weighted by Gasteiger charge is 2.22. The Bertz CT molecular complexity index is 920.